The maximum atomic E-state index is 11.5. The number of nitrogens with zero attached hydrogens (tertiary/aromatic N) is 2. The van der Waals surface area contributed by atoms with E-state index < -0.39 is 0 Å². The first-order chi connectivity index (χ1) is 9.19. The number of benzene rings is 1. The second kappa shape index (κ2) is 8.16. The molecule has 1 amide bonds. The molecule has 0 aromatic heterocycles. The highest BCUT2D eigenvalue weighted by Gasteiger charge is 2.02. The summed E-state index contributed by atoms with van der Waals surface area (Å²) >= 11 is 1.35. The van der Waals surface area contributed by atoms with Crippen molar-refractivity contribution in [2.24, 2.45) is 4.99 Å². The van der Waals surface area contributed by atoms with E-state index in [0.717, 1.165) is 6.42 Å². The summed E-state index contributed by atoms with van der Waals surface area (Å²) in [5.41, 5.74) is 1.39. The topological polar surface area (TPSA) is 77.3 Å². The summed E-state index contributed by atoms with van der Waals surface area (Å²) in [5.74, 6) is -0.0103. The van der Waals surface area contributed by atoms with Gasteiger partial charge in [-0.15, -0.1) is 0 Å². The standard InChI is InChI=1S/C13H16N4OS/c1-3-5-12(18)16-10-6-4-7-11(8-10)17-13(19-2)15-9-14/h4,6-8H,3,5H2,1-2H3,(H,15,17)(H,16,18). The molecule has 6 heteroatoms. The van der Waals surface area contributed by atoms with Gasteiger partial charge in [-0.25, -0.2) is 4.99 Å². The highest BCUT2D eigenvalue weighted by atomic mass is 32.2. The molecule has 0 radical (unpaired) electrons. The van der Waals surface area contributed by atoms with Crippen molar-refractivity contribution < 1.29 is 4.79 Å². The Bertz CT molecular complexity index is 508. The third kappa shape index (κ3) is 5.44. The van der Waals surface area contributed by atoms with Gasteiger partial charge in [0.25, 0.3) is 0 Å². The molecule has 0 saturated carbocycles. The Morgan fingerprint density at radius 2 is 2.32 bits per heavy atom. The maximum Gasteiger partial charge on any atom is 0.224 e. The lowest BCUT2D eigenvalue weighted by molar-refractivity contribution is -0.116. The Labute approximate surface area is 117 Å². The fraction of sp³-hybridized carbons (Fsp3) is 0.308. The molecule has 0 fully saturated rings. The molecule has 0 atom stereocenters. The molecule has 0 aliphatic heterocycles. The lowest BCUT2D eigenvalue weighted by atomic mass is 10.2. The van der Waals surface area contributed by atoms with E-state index in [1.165, 1.54) is 11.8 Å². The average molecular weight is 276 g/mol. The van der Waals surface area contributed by atoms with Crippen LogP contribution in [0.15, 0.2) is 29.3 Å². The van der Waals surface area contributed by atoms with Crippen LogP contribution < -0.4 is 10.6 Å². The Kier molecular flexibility index (Phi) is 6.47. The molecule has 0 spiro atoms. The number of hydrogen-bond acceptors (Lipinski definition) is 4. The van der Waals surface area contributed by atoms with Gasteiger partial charge in [-0.1, -0.05) is 24.8 Å². The van der Waals surface area contributed by atoms with Gasteiger partial charge in [-0.05, 0) is 30.9 Å². The molecule has 0 saturated heterocycles. The third-order valence-electron chi connectivity index (χ3n) is 2.19. The summed E-state index contributed by atoms with van der Waals surface area (Å²) in [5, 5.41) is 14.4. The number of rotatable bonds is 4. The summed E-state index contributed by atoms with van der Waals surface area (Å²) in [4.78, 5) is 15.8. The number of nitrogens with one attached hydrogen (secondary N) is 2. The Balaban J connectivity index is 2.82. The number of aliphatic imine (C=N–C) groups is 1. The Morgan fingerprint density at radius 3 is 2.95 bits per heavy atom. The minimum atomic E-state index is -0.0103. The Hall–Kier alpha value is -2.00. The van der Waals surface area contributed by atoms with Crippen LogP contribution in [0.2, 0.25) is 0 Å². The molecule has 1 rings (SSSR count). The van der Waals surface area contributed by atoms with Crippen molar-refractivity contribution in [2.45, 2.75) is 19.8 Å². The van der Waals surface area contributed by atoms with Crippen LogP contribution in [0.5, 0.6) is 0 Å². The van der Waals surface area contributed by atoms with Crippen LogP contribution in [-0.2, 0) is 4.79 Å². The van der Waals surface area contributed by atoms with E-state index in [-0.39, 0.29) is 5.91 Å². The molecule has 19 heavy (non-hydrogen) atoms. The van der Waals surface area contributed by atoms with Gasteiger partial charge in [0.1, 0.15) is 0 Å². The molecule has 1 aromatic carbocycles. The van der Waals surface area contributed by atoms with Gasteiger partial charge in [-0.3, -0.25) is 10.1 Å². The molecule has 2 N–H and O–H groups in total. The van der Waals surface area contributed by atoms with Crippen LogP contribution in [0.3, 0.4) is 0 Å². The first-order valence-corrected chi connectivity index (χ1v) is 7.09. The average Bonchev–Trinajstić information content (AvgIpc) is 2.39. The number of carbonyl (C=O) groups excluding carboxylic acids is 1. The summed E-state index contributed by atoms with van der Waals surface area (Å²) in [7, 11) is 0. The van der Waals surface area contributed by atoms with Crippen LogP contribution in [0.4, 0.5) is 11.4 Å². The van der Waals surface area contributed by atoms with Gasteiger partial charge in [0.15, 0.2) is 11.4 Å². The second-order valence-electron chi connectivity index (χ2n) is 3.71. The molecule has 5 nitrogen and oxygen atoms in total. The number of anilines is 1. The van der Waals surface area contributed by atoms with Crippen molar-refractivity contribution >= 4 is 34.2 Å². The highest BCUT2D eigenvalue weighted by molar-refractivity contribution is 8.13. The zero-order valence-electron chi connectivity index (χ0n) is 10.9. The van der Waals surface area contributed by atoms with E-state index in [4.69, 9.17) is 5.26 Å². The first-order valence-electron chi connectivity index (χ1n) is 5.87. The van der Waals surface area contributed by atoms with E-state index in [9.17, 15) is 4.79 Å². The van der Waals surface area contributed by atoms with Crippen molar-refractivity contribution in [2.75, 3.05) is 11.6 Å². The van der Waals surface area contributed by atoms with Crippen LogP contribution in [0, 0.1) is 11.5 Å². The van der Waals surface area contributed by atoms with Crippen LogP contribution >= 0.6 is 11.8 Å². The molecular weight excluding hydrogens is 260 g/mol. The van der Waals surface area contributed by atoms with Crippen LogP contribution in [0.25, 0.3) is 0 Å². The van der Waals surface area contributed by atoms with E-state index in [0.29, 0.717) is 23.0 Å². The van der Waals surface area contributed by atoms with Crippen LogP contribution in [0.1, 0.15) is 19.8 Å². The van der Waals surface area contributed by atoms with E-state index in [1.54, 1.807) is 6.07 Å². The molecule has 0 aliphatic carbocycles. The quantitative estimate of drug-likeness (QED) is 0.384. The second-order valence-corrected chi connectivity index (χ2v) is 4.50. The van der Waals surface area contributed by atoms with Crippen molar-refractivity contribution in [3.63, 3.8) is 0 Å². The summed E-state index contributed by atoms with van der Waals surface area (Å²) < 4.78 is 0. The van der Waals surface area contributed by atoms with Gasteiger partial charge in [0.2, 0.25) is 5.91 Å². The fourth-order valence-corrected chi connectivity index (χ4v) is 1.74. The van der Waals surface area contributed by atoms with Crippen molar-refractivity contribution in [1.82, 2.24) is 5.32 Å². The normalized spacial score (nSPS) is 10.7. The van der Waals surface area contributed by atoms with Gasteiger partial charge in [0, 0.05) is 12.1 Å². The third-order valence-corrected chi connectivity index (χ3v) is 2.77. The maximum absolute atomic E-state index is 11.5. The zero-order chi connectivity index (χ0) is 14.1. The molecule has 1 aromatic rings. The van der Waals surface area contributed by atoms with Crippen molar-refractivity contribution in [3.05, 3.63) is 24.3 Å². The number of carbonyl (C=O) groups is 1. The van der Waals surface area contributed by atoms with Gasteiger partial charge < -0.3 is 5.32 Å². The van der Waals surface area contributed by atoms with E-state index in [2.05, 4.69) is 15.6 Å². The predicted octanol–water partition coefficient (Wildman–Crippen LogP) is 2.85. The fourth-order valence-electron chi connectivity index (χ4n) is 1.39. The minimum absolute atomic E-state index is 0.0103. The molecule has 0 heterocycles. The zero-order valence-corrected chi connectivity index (χ0v) is 11.8. The molecule has 0 unspecified atom stereocenters. The highest BCUT2D eigenvalue weighted by Crippen LogP contribution is 2.19. The van der Waals surface area contributed by atoms with Gasteiger partial charge >= 0.3 is 0 Å². The number of amidine groups is 1. The largest absolute Gasteiger partial charge is 0.326 e. The number of thioether (sulfide) groups is 1. The predicted molar refractivity (Wildman–Crippen MR) is 79.3 cm³/mol. The summed E-state index contributed by atoms with van der Waals surface area (Å²) in [6, 6.07) is 7.20. The molecular formula is C13H16N4OS. The van der Waals surface area contributed by atoms with Crippen LogP contribution in [-0.4, -0.2) is 17.3 Å². The monoisotopic (exact) mass is 276 g/mol. The van der Waals surface area contributed by atoms with Gasteiger partial charge in [0.05, 0.1) is 5.69 Å². The van der Waals surface area contributed by atoms with Crippen molar-refractivity contribution in [3.8, 4) is 6.19 Å². The van der Waals surface area contributed by atoms with Gasteiger partial charge in [-0.2, -0.15) is 5.26 Å². The summed E-state index contributed by atoms with van der Waals surface area (Å²) in [6.07, 6.45) is 4.97. The molecule has 0 aliphatic rings. The molecule has 100 valence electrons. The van der Waals surface area contributed by atoms with E-state index >= 15 is 0 Å². The number of amides is 1. The van der Waals surface area contributed by atoms with E-state index in [1.807, 2.05) is 37.6 Å². The van der Waals surface area contributed by atoms with Crippen molar-refractivity contribution in [1.29, 1.82) is 5.26 Å². The Morgan fingerprint density at radius 1 is 1.53 bits per heavy atom. The lowest BCUT2D eigenvalue weighted by Gasteiger charge is -2.05. The molecule has 0 bridgehead atoms. The summed E-state index contributed by atoms with van der Waals surface area (Å²) in [6.45, 7) is 1.96. The number of hydrogen-bond donors (Lipinski definition) is 2. The SMILES string of the molecule is CCCC(=O)Nc1cccc(N=C(NC#N)SC)c1. The lowest BCUT2D eigenvalue weighted by Crippen LogP contribution is -2.12. The first kappa shape index (κ1) is 15.1. The minimum Gasteiger partial charge on any atom is -0.326 e. The number of nitriles is 1. The smallest absolute Gasteiger partial charge is 0.224 e.